The fraction of sp³-hybridized carbons (Fsp3) is 0.412. The van der Waals surface area contributed by atoms with Crippen molar-refractivity contribution in [3.05, 3.63) is 56.8 Å². The van der Waals surface area contributed by atoms with Crippen molar-refractivity contribution in [2.45, 2.75) is 43.4 Å². The van der Waals surface area contributed by atoms with Crippen molar-refractivity contribution in [1.82, 2.24) is 0 Å². The van der Waals surface area contributed by atoms with Gasteiger partial charge in [0.2, 0.25) is 0 Å². The third-order valence-corrected chi connectivity index (χ3v) is 6.44. The van der Waals surface area contributed by atoms with E-state index in [0.717, 1.165) is 5.56 Å². The summed E-state index contributed by atoms with van der Waals surface area (Å²) in [5.74, 6) is -1.55. The van der Waals surface area contributed by atoms with Crippen LogP contribution in [0.2, 0.25) is 0 Å². The van der Waals surface area contributed by atoms with Crippen LogP contribution in [0.5, 0.6) is 0 Å². The minimum Gasteiger partial charge on any atom is -0.204 e. The van der Waals surface area contributed by atoms with Gasteiger partial charge in [-0.15, -0.1) is 11.3 Å². The van der Waals surface area contributed by atoms with Crippen LogP contribution in [-0.4, -0.2) is 0 Å². The Morgan fingerprint density at radius 2 is 1.86 bits per heavy atom. The molecule has 0 bridgehead atoms. The van der Waals surface area contributed by atoms with Crippen LogP contribution in [0.1, 0.15) is 45.0 Å². The van der Waals surface area contributed by atoms with Gasteiger partial charge in [-0.3, -0.25) is 0 Å². The van der Waals surface area contributed by atoms with E-state index in [1.54, 1.807) is 6.07 Å². The van der Waals surface area contributed by atoms with Crippen LogP contribution >= 0.6 is 27.3 Å². The maximum atomic E-state index is 13.3. The van der Waals surface area contributed by atoms with Crippen molar-refractivity contribution in [2.24, 2.45) is 0 Å². The zero-order valence-corrected chi connectivity index (χ0v) is 14.1. The number of halogens is 3. The third kappa shape index (κ3) is 3.54. The standard InChI is InChI=1S/C17H17BrF2S/c18-13(8-11-6-7-14(19)15(20)9-11)17-10-12-4-2-1-3-5-16(12)21-17/h6-7,9-10,13H,1-5,8H2. The van der Waals surface area contributed by atoms with Crippen molar-refractivity contribution in [1.29, 1.82) is 0 Å². The Morgan fingerprint density at radius 1 is 1.05 bits per heavy atom. The molecule has 0 amide bonds. The number of fused-ring (bicyclic) bond motifs is 1. The lowest BCUT2D eigenvalue weighted by atomic mass is 10.1. The zero-order chi connectivity index (χ0) is 14.8. The quantitative estimate of drug-likeness (QED) is 0.460. The Morgan fingerprint density at radius 3 is 2.67 bits per heavy atom. The maximum absolute atomic E-state index is 13.3. The molecule has 0 N–H and O–H groups in total. The van der Waals surface area contributed by atoms with E-state index in [9.17, 15) is 8.78 Å². The summed E-state index contributed by atoms with van der Waals surface area (Å²) >= 11 is 5.57. The summed E-state index contributed by atoms with van der Waals surface area (Å²) in [6.45, 7) is 0. The van der Waals surface area contributed by atoms with Crippen molar-refractivity contribution in [3.63, 3.8) is 0 Å². The lowest BCUT2D eigenvalue weighted by Crippen LogP contribution is -1.95. The lowest BCUT2D eigenvalue weighted by Gasteiger charge is -2.08. The highest BCUT2D eigenvalue weighted by atomic mass is 79.9. The van der Waals surface area contributed by atoms with E-state index in [0.29, 0.717) is 6.42 Å². The monoisotopic (exact) mass is 370 g/mol. The Kier molecular flexibility index (Phi) is 4.75. The van der Waals surface area contributed by atoms with E-state index < -0.39 is 11.6 Å². The molecule has 1 aromatic carbocycles. The summed E-state index contributed by atoms with van der Waals surface area (Å²) in [7, 11) is 0. The van der Waals surface area contributed by atoms with Gasteiger partial charge in [0.05, 0.1) is 4.83 Å². The Bertz CT molecular complexity index is 612. The number of rotatable bonds is 3. The highest BCUT2D eigenvalue weighted by Crippen LogP contribution is 2.37. The summed E-state index contributed by atoms with van der Waals surface area (Å²) < 4.78 is 26.2. The molecule has 1 aliphatic rings. The van der Waals surface area contributed by atoms with Gasteiger partial charge in [-0.1, -0.05) is 28.4 Å². The summed E-state index contributed by atoms with van der Waals surface area (Å²) in [4.78, 5) is 2.98. The first-order chi connectivity index (χ1) is 10.1. The normalized spacial score (nSPS) is 16.3. The second-order valence-corrected chi connectivity index (χ2v) is 7.85. The van der Waals surface area contributed by atoms with Crippen molar-refractivity contribution < 1.29 is 8.78 Å². The molecule has 0 saturated heterocycles. The molecular weight excluding hydrogens is 354 g/mol. The van der Waals surface area contributed by atoms with Gasteiger partial charge in [0.1, 0.15) is 0 Å². The van der Waals surface area contributed by atoms with Crippen LogP contribution in [0.3, 0.4) is 0 Å². The van der Waals surface area contributed by atoms with E-state index in [2.05, 4.69) is 22.0 Å². The molecule has 112 valence electrons. The van der Waals surface area contributed by atoms with E-state index >= 15 is 0 Å². The van der Waals surface area contributed by atoms with Gasteiger partial charge in [-0.05, 0) is 61.4 Å². The van der Waals surface area contributed by atoms with Gasteiger partial charge in [0.25, 0.3) is 0 Å². The third-order valence-electron chi connectivity index (χ3n) is 3.97. The molecule has 0 radical (unpaired) electrons. The molecule has 0 saturated carbocycles. The highest BCUT2D eigenvalue weighted by molar-refractivity contribution is 9.09. The number of hydrogen-bond acceptors (Lipinski definition) is 1. The van der Waals surface area contributed by atoms with Gasteiger partial charge < -0.3 is 0 Å². The van der Waals surface area contributed by atoms with E-state index in [-0.39, 0.29) is 4.83 Å². The molecule has 1 heterocycles. The average molecular weight is 371 g/mol. The van der Waals surface area contributed by atoms with Gasteiger partial charge >= 0.3 is 0 Å². The number of thiophene rings is 1. The molecule has 3 rings (SSSR count). The number of alkyl halides is 1. The van der Waals surface area contributed by atoms with E-state index in [4.69, 9.17) is 0 Å². The van der Waals surface area contributed by atoms with Crippen LogP contribution < -0.4 is 0 Å². The second-order valence-electron chi connectivity index (χ2n) is 5.58. The summed E-state index contributed by atoms with van der Waals surface area (Å²) in [6, 6.07) is 6.45. The van der Waals surface area contributed by atoms with Crippen molar-refractivity contribution in [2.75, 3.05) is 0 Å². The minimum absolute atomic E-state index is 0.166. The van der Waals surface area contributed by atoms with Gasteiger partial charge in [0.15, 0.2) is 11.6 Å². The van der Waals surface area contributed by atoms with Crippen LogP contribution in [0.4, 0.5) is 8.78 Å². The maximum Gasteiger partial charge on any atom is 0.159 e. The average Bonchev–Trinajstić information content (AvgIpc) is 2.74. The first kappa shape index (κ1) is 15.2. The second kappa shape index (κ2) is 6.57. The van der Waals surface area contributed by atoms with Crippen LogP contribution in [0.15, 0.2) is 24.3 Å². The van der Waals surface area contributed by atoms with Crippen molar-refractivity contribution in [3.8, 4) is 0 Å². The molecule has 0 nitrogen and oxygen atoms in total. The first-order valence-corrected chi connectivity index (χ1v) is 9.06. The summed E-state index contributed by atoms with van der Waals surface area (Å²) in [6.07, 6.45) is 6.92. The largest absolute Gasteiger partial charge is 0.204 e. The number of benzene rings is 1. The number of aryl methyl sites for hydroxylation is 2. The molecule has 0 aliphatic heterocycles. The fourth-order valence-corrected chi connectivity index (χ4v) is 4.84. The Balaban J connectivity index is 1.75. The molecule has 1 aromatic heterocycles. The highest BCUT2D eigenvalue weighted by Gasteiger charge is 2.17. The molecule has 21 heavy (non-hydrogen) atoms. The lowest BCUT2D eigenvalue weighted by molar-refractivity contribution is 0.507. The Hall–Kier alpha value is -0.740. The molecule has 0 fully saturated rings. The van der Waals surface area contributed by atoms with Crippen LogP contribution in [-0.2, 0) is 19.3 Å². The SMILES string of the molecule is Fc1ccc(CC(Br)c2cc3c(s2)CCCCC3)cc1F. The smallest absolute Gasteiger partial charge is 0.159 e. The predicted octanol–water partition coefficient (Wildman–Crippen LogP) is 5.97. The minimum atomic E-state index is -0.785. The number of hydrogen-bond donors (Lipinski definition) is 0. The van der Waals surface area contributed by atoms with E-state index in [1.807, 2.05) is 11.3 Å². The zero-order valence-electron chi connectivity index (χ0n) is 11.7. The first-order valence-electron chi connectivity index (χ1n) is 7.33. The molecule has 1 unspecified atom stereocenters. The van der Waals surface area contributed by atoms with Gasteiger partial charge in [-0.25, -0.2) is 8.78 Å². The van der Waals surface area contributed by atoms with Gasteiger partial charge in [0, 0.05) is 9.75 Å². The van der Waals surface area contributed by atoms with Gasteiger partial charge in [-0.2, -0.15) is 0 Å². The van der Waals surface area contributed by atoms with Crippen LogP contribution in [0.25, 0.3) is 0 Å². The summed E-state index contributed by atoms with van der Waals surface area (Å²) in [5.41, 5.74) is 2.31. The van der Waals surface area contributed by atoms with Crippen LogP contribution in [0, 0.1) is 11.6 Å². The fourth-order valence-electron chi connectivity index (χ4n) is 2.82. The molecule has 4 heteroatoms. The Labute approximate surface area is 136 Å². The molecule has 1 aliphatic carbocycles. The summed E-state index contributed by atoms with van der Waals surface area (Å²) in [5, 5.41) is 0. The predicted molar refractivity (Wildman–Crippen MR) is 87.3 cm³/mol. The van der Waals surface area contributed by atoms with Crippen molar-refractivity contribution >= 4 is 27.3 Å². The van der Waals surface area contributed by atoms with E-state index in [1.165, 1.54) is 59.6 Å². The molecular formula is C17H17BrF2S. The molecule has 0 spiro atoms. The topological polar surface area (TPSA) is 0 Å². The molecule has 1 atom stereocenters. The molecule has 2 aromatic rings.